The molecule has 0 spiro atoms. The van der Waals surface area contributed by atoms with E-state index in [4.69, 9.17) is 14.2 Å². The molecule has 1 aromatic carbocycles. The van der Waals surface area contributed by atoms with Crippen molar-refractivity contribution in [2.45, 2.75) is 20.3 Å². The lowest BCUT2D eigenvalue weighted by Crippen LogP contribution is -2.05. The second kappa shape index (κ2) is 6.64. The minimum Gasteiger partial charge on any atom is -0.493 e. The van der Waals surface area contributed by atoms with E-state index in [2.05, 4.69) is 0 Å². The molecule has 0 saturated heterocycles. The summed E-state index contributed by atoms with van der Waals surface area (Å²) >= 11 is 0. The Balaban J connectivity index is 2.72. The van der Waals surface area contributed by atoms with Gasteiger partial charge in [-0.1, -0.05) is 6.07 Å². The number of esters is 2. The van der Waals surface area contributed by atoms with Gasteiger partial charge in [0.25, 0.3) is 0 Å². The summed E-state index contributed by atoms with van der Waals surface area (Å²) in [4.78, 5) is 21.5. The third-order valence-electron chi connectivity index (χ3n) is 2.18. The van der Waals surface area contributed by atoms with E-state index in [9.17, 15) is 9.59 Å². The number of carbonyl (C=O) groups excluding carboxylic acids is 2. The summed E-state index contributed by atoms with van der Waals surface area (Å²) in [5.74, 6) is 0.145. The second-order valence-corrected chi connectivity index (χ2v) is 3.67. The molecule has 0 atom stereocenters. The molecule has 0 N–H and O–H groups in total. The fraction of sp³-hybridized carbons (Fsp3) is 0.385. The molecule has 0 unspecified atom stereocenters. The largest absolute Gasteiger partial charge is 0.493 e. The Hall–Kier alpha value is -2.04. The first-order valence-electron chi connectivity index (χ1n) is 5.51. The zero-order valence-electron chi connectivity index (χ0n) is 10.7. The number of methoxy groups -OCH3 is 1. The summed E-state index contributed by atoms with van der Waals surface area (Å²) < 4.78 is 15.0. The van der Waals surface area contributed by atoms with Crippen LogP contribution < -0.4 is 9.47 Å². The molecule has 18 heavy (non-hydrogen) atoms. The quantitative estimate of drug-likeness (QED) is 0.590. The number of ether oxygens (including phenoxy) is 3. The predicted molar refractivity (Wildman–Crippen MR) is 64.6 cm³/mol. The average molecular weight is 252 g/mol. The molecule has 5 nitrogen and oxygen atoms in total. The summed E-state index contributed by atoms with van der Waals surface area (Å²) in [7, 11) is 1.50. The predicted octanol–water partition coefficient (Wildman–Crippen LogP) is 1.73. The van der Waals surface area contributed by atoms with Gasteiger partial charge in [0, 0.05) is 20.3 Å². The van der Waals surface area contributed by atoms with Gasteiger partial charge in [0.15, 0.2) is 11.5 Å². The number of hydrogen-bond donors (Lipinski definition) is 0. The van der Waals surface area contributed by atoms with E-state index in [-0.39, 0.29) is 5.97 Å². The van der Waals surface area contributed by atoms with Gasteiger partial charge >= 0.3 is 11.9 Å². The number of carbonyl (C=O) groups is 2. The molecule has 0 aliphatic rings. The van der Waals surface area contributed by atoms with Crippen molar-refractivity contribution >= 4 is 11.9 Å². The molecular formula is C13H16O5. The number of benzene rings is 1. The van der Waals surface area contributed by atoms with Crippen LogP contribution in [0.4, 0.5) is 0 Å². The molecule has 0 bridgehead atoms. The third kappa shape index (κ3) is 4.45. The van der Waals surface area contributed by atoms with Crippen LogP contribution >= 0.6 is 0 Å². The van der Waals surface area contributed by atoms with Gasteiger partial charge in [-0.2, -0.15) is 0 Å². The minimum absolute atomic E-state index is 0.307. The minimum atomic E-state index is -0.402. The van der Waals surface area contributed by atoms with Crippen LogP contribution in [-0.2, 0) is 20.7 Å². The monoisotopic (exact) mass is 252 g/mol. The first kappa shape index (κ1) is 14.0. The topological polar surface area (TPSA) is 61.8 Å². The van der Waals surface area contributed by atoms with E-state index >= 15 is 0 Å². The highest BCUT2D eigenvalue weighted by atomic mass is 16.6. The Labute approximate surface area is 106 Å². The molecule has 0 fully saturated rings. The maximum atomic E-state index is 10.9. The molecule has 0 heterocycles. The van der Waals surface area contributed by atoms with Crippen molar-refractivity contribution in [2.24, 2.45) is 0 Å². The van der Waals surface area contributed by atoms with E-state index in [0.29, 0.717) is 24.5 Å². The lowest BCUT2D eigenvalue weighted by atomic mass is 10.1. The Morgan fingerprint density at radius 2 is 1.83 bits per heavy atom. The zero-order chi connectivity index (χ0) is 13.5. The maximum Gasteiger partial charge on any atom is 0.308 e. The molecule has 0 amide bonds. The average Bonchev–Trinajstić information content (AvgIpc) is 2.29. The molecule has 1 rings (SSSR count). The second-order valence-electron chi connectivity index (χ2n) is 3.67. The van der Waals surface area contributed by atoms with Crippen LogP contribution in [0.25, 0.3) is 0 Å². The van der Waals surface area contributed by atoms with Crippen LogP contribution in [-0.4, -0.2) is 25.7 Å². The van der Waals surface area contributed by atoms with Crippen LogP contribution in [0.5, 0.6) is 11.5 Å². The van der Waals surface area contributed by atoms with Gasteiger partial charge in [0.2, 0.25) is 0 Å². The van der Waals surface area contributed by atoms with Crippen molar-refractivity contribution < 1.29 is 23.8 Å². The van der Waals surface area contributed by atoms with Gasteiger partial charge in [-0.15, -0.1) is 0 Å². The van der Waals surface area contributed by atoms with Gasteiger partial charge in [-0.3, -0.25) is 9.59 Å². The summed E-state index contributed by atoms with van der Waals surface area (Å²) in [5, 5.41) is 0. The Kier molecular flexibility index (Phi) is 5.17. The first-order chi connectivity index (χ1) is 8.52. The van der Waals surface area contributed by atoms with Crippen LogP contribution in [0, 0.1) is 0 Å². The number of rotatable bonds is 5. The first-order valence-corrected chi connectivity index (χ1v) is 5.51. The molecular weight excluding hydrogens is 236 g/mol. The third-order valence-corrected chi connectivity index (χ3v) is 2.18. The lowest BCUT2D eigenvalue weighted by molar-refractivity contribution is -0.140. The fourth-order valence-electron chi connectivity index (χ4n) is 1.42. The molecule has 0 aliphatic heterocycles. The fourth-order valence-corrected chi connectivity index (χ4v) is 1.42. The van der Waals surface area contributed by atoms with Gasteiger partial charge < -0.3 is 14.2 Å². The van der Waals surface area contributed by atoms with Crippen LogP contribution in [0.15, 0.2) is 18.2 Å². The Morgan fingerprint density at radius 3 is 2.39 bits per heavy atom. The van der Waals surface area contributed by atoms with Gasteiger partial charge in [0.1, 0.15) is 0 Å². The summed E-state index contributed by atoms with van der Waals surface area (Å²) in [6.07, 6.45) is 0.580. The smallest absolute Gasteiger partial charge is 0.308 e. The van der Waals surface area contributed by atoms with Crippen molar-refractivity contribution in [1.82, 2.24) is 0 Å². The molecule has 0 saturated carbocycles. The Bertz CT molecular complexity index is 439. The molecule has 98 valence electrons. The molecule has 0 aliphatic carbocycles. The van der Waals surface area contributed by atoms with Gasteiger partial charge in [-0.25, -0.2) is 0 Å². The molecule has 0 radical (unpaired) electrons. The van der Waals surface area contributed by atoms with Crippen molar-refractivity contribution in [3.8, 4) is 11.5 Å². The number of hydrogen-bond acceptors (Lipinski definition) is 5. The highest BCUT2D eigenvalue weighted by Gasteiger charge is 2.08. The van der Waals surface area contributed by atoms with Crippen molar-refractivity contribution in [3.63, 3.8) is 0 Å². The molecule has 5 heteroatoms. The van der Waals surface area contributed by atoms with E-state index in [1.807, 2.05) is 0 Å². The normalized spacial score (nSPS) is 9.72. The van der Waals surface area contributed by atoms with Crippen LogP contribution in [0.2, 0.25) is 0 Å². The lowest BCUT2D eigenvalue weighted by Gasteiger charge is -2.10. The van der Waals surface area contributed by atoms with Crippen molar-refractivity contribution in [1.29, 1.82) is 0 Å². The van der Waals surface area contributed by atoms with Gasteiger partial charge in [-0.05, 0) is 17.7 Å². The van der Waals surface area contributed by atoms with Gasteiger partial charge in [0.05, 0.1) is 13.7 Å². The summed E-state index contributed by atoms with van der Waals surface area (Å²) in [6, 6.07) is 5.20. The highest BCUT2D eigenvalue weighted by molar-refractivity contribution is 5.70. The summed E-state index contributed by atoms with van der Waals surface area (Å²) in [5.41, 5.74) is 0.934. The van der Waals surface area contributed by atoms with Crippen molar-refractivity contribution in [2.75, 3.05) is 13.7 Å². The maximum absolute atomic E-state index is 10.9. The van der Waals surface area contributed by atoms with E-state index < -0.39 is 5.97 Å². The Morgan fingerprint density at radius 1 is 1.11 bits per heavy atom. The SMILES string of the molecule is COc1cc(CCOC(C)=O)ccc1OC(C)=O. The van der Waals surface area contributed by atoms with E-state index in [1.54, 1.807) is 18.2 Å². The van der Waals surface area contributed by atoms with E-state index in [0.717, 1.165) is 5.56 Å². The zero-order valence-corrected chi connectivity index (χ0v) is 10.7. The van der Waals surface area contributed by atoms with Crippen LogP contribution in [0.3, 0.4) is 0 Å². The summed E-state index contributed by atoms with van der Waals surface area (Å²) in [6.45, 7) is 3.00. The highest BCUT2D eigenvalue weighted by Crippen LogP contribution is 2.28. The standard InChI is InChI=1S/C13H16O5/c1-9(14)17-7-6-11-4-5-12(18-10(2)15)13(8-11)16-3/h4-5,8H,6-7H2,1-3H3. The van der Waals surface area contributed by atoms with Crippen LogP contribution in [0.1, 0.15) is 19.4 Å². The van der Waals surface area contributed by atoms with E-state index in [1.165, 1.54) is 21.0 Å². The molecule has 0 aromatic heterocycles. The van der Waals surface area contributed by atoms with Crippen molar-refractivity contribution in [3.05, 3.63) is 23.8 Å². The molecule has 1 aromatic rings.